The molecule has 1 aliphatic heterocycles. The smallest absolute Gasteiger partial charge is 0.201 e. The monoisotopic (exact) mass is 142 g/mol. The molecule has 0 aromatic heterocycles. The maximum Gasteiger partial charge on any atom is 0.201 e. The lowest BCUT2D eigenvalue weighted by atomic mass is 9.94. The third-order valence-corrected chi connectivity index (χ3v) is 2.09. The van der Waals surface area contributed by atoms with Gasteiger partial charge in [-0.1, -0.05) is 13.8 Å². The molecule has 1 aliphatic rings. The largest absolute Gasteiger partial charge is 0.473 e. The summed E-state index contributed by atoms with van der Waals surface area (Å²) in [6, 6.07) is 0. The van der Waals surface area contributed by atoms with Crippen LogP contribution >= 0.6 is 0 Å². The topological polar surface area (TPSA) is 18.5 Å². The number of ether oxygens (including phenoxy) is 2. The average molecular weight is 142 g/mol. The Balaban J connectivity index is 2.56. The molecule has 0 aromatic rings. The van der Waals surface area contributed by atoms with Gasteiger partial charge in [0.05, 0.1) is 6.26 Å². The molecule has 0 saturated carbocycles. The quantitative estimate of drug-likeness (QED) is 0.555. The van der Waals surface area contributed by atoms with E-state index in [-0.39, 0.29) is 6.29 Å². The minimum absolute atomic E-state index is 0.0556. The Kier molecular flexibility index (Phi) is 2.33. The van der Waals surface area contributed by atoms with Crippen LogP contribution in [0.4, 0.5) is 0 Å². The molecule has 0 saturated heterocycles. The molecule has 3 atom stereocenters. The van der Waals surface area contributed by atoms with Crippen LogP contribution in [0.15, 0.2) is 12.3 Å². The van der Waals surface area contributed by atoms with Crippen LogP contribution in [0, 0.1) is 11.8 Å². The lowest BCUT2D eigenvalue weighted by Crippen LogP contribution is -2.29. The predicted octanol–water partition coefficient (Wildman–Crippen LogP) is 1.77. The third kappa shape index (κ3) is 1.32. The normalized spacial score (nSPS) is 39.3. The van der Waals surface area contributed by atoms with Crippen LogP contribution in [0.2, 0.25) is 0 Å². The Morgan fingerprint density at radius 2 is 2.10 bits per heavy atom. The molecule has 0 fully saturated rings. The van der Waals surface area contributed by atoms with Crippen molar-refractivity contribution in [2.75, 3.05) is 7.11 Å². The second kappa shape index (κ2) is 3.06. The number of hydrogen-bond acceptors (Lipinski definition) is 2. The van der Waals surface area contributed by atoms with Gasteiger partial charge in [-0.25, -0.2) is 0 Å². The van der Waals surface area contributed by atoms with Crippen molar-refractivity contribution in [3.63, 3.8) is 0 Å². The summed E-state index contributed by atoms with van der Waals surface area (Å²) < 4.78 is 10.3. The summed E-state index contributed by atoms with van der Waals surface area (Å²) in [6.45, 7) is 4.29. The lowest BCUT2D eigenvalue weighted by molar-refractivity contribution is -0.131. The van der Waals surface area contributed by atoms with E-state index in [0.717, 1.165) is 0 Å². The predicted molar refractivity (Wildman–Crippen MR) is 39.4 cm³/mol. The lowest BCUT2D eigenvalue weighted by Gasteiger charge is -2.28. The van der Waals surface area contributed by atoms with E-state index in [4.69, 9.17) is 9.47 Å². The van der Waals surface area contributed by atoms with Crippen LogP contribution in [0.25, 0.3) is 0 Å². The Labute approximate surface area is 61.8 Å². The molecule has 0 N–H and O–H groups in total. The molecular weight excluding hydrogens is 128 g/mol. The van der Waals surface area contributed by atoms with Crippen molar-refractivity contribution in [2.24, 2.45) is 11.8 Å². The minimum Gasteiger partial charge on any atom is -0.473 e. The fourth-order valence-corrected chi connectivity index (χ4v) is 1.06. The fourth-order valence-electron chi connectivity index (χ4n) is 1.06. The zero-order chi connectivity index (χ0) is 7.56. The first-order chi connectivity index (χ1) is 4.75. The minimum atomic E-state index is -0.0556. The van der Waals surface area contributed by atoms with E-state index in [1.54, 1.807) is 13.4 Å². The maximum absolute atomic E-state index is 5.21. The molecule has 0 aromatic carbocycles. The van der Waals surface area contributed by atoms with Gasteiger partial charge in [0.1, 0.15) is 0 Å². The standard InChI is InChI=1S/C8H14O2/c1-6-4-5-10-8(9-3)7(6)2/h4-8H,1-3H3. The Morgan fingerprint density at radius 1 is 1.40 bits per heavy atom. The summed E-state index contributed by atoms with van der Waals surface area (Å²) in [5.41, 5.74) is 0. The van der Waals surface area contributed by atoms with Gasteiger partial charge in [0.25, 0.3) is 0 Å². The van der Waals surface area contributed by atoms with Crippen molar-refractivity contribution >= 4 is 0 Å². The molecule has 0 amide bonds. The highest BCUT2D eigenvalue weighted by molar-refractivity contribution is 4.89. The summed E-state index contributed by atoms with van der Waals surface area (Å²) in [7, 11) is 1.67. The Morgan fingerprint density at radius 3 is 2.60 bits per heavy atom. The van der Waals surface area contributed by atoms with Gasteiger partial charge < -0.3 is 9.47 Å². The van der Waals surface area contributed by atoms with Crippen molar-refractivity contribution < 1.29 is 9.47 Å². The molecule has 2 heteroatoms. The van der Waals surface area contributed by atoms with Crippen LogP contribution in [-0.4, -0.2) is 13.4 Å². The molecule has 0 bridgehead atoms. The van der Waals surface area contributed by atoms with E-state index in [0.29, 0.717) is 11.8 Å². The zero-order valence-corrected chi connectivity index (χ0v) is 6.70. The van der Waals surface area contributed by atoms with Crippen LogP contribution < -0.4 is 0 Å². The highest BCUT2D eigenvalue weighted by Crippen LogP contribution is 2.23. The van der Waals surface area contributed by atoms with Crippen molar-refractivity contribution in [1.82, 2.24) is 0 Å². The highest BCUT2D eigenvalue weighted by Gasteiger charge is 2.24. The van der Waals surface area contributed by atoms with Gasteiger partial charge in [-0.15, -0.1) is 0 Å². The van der Waals surface area contributed by atoms with Gasteiger partial charge in [0.15, 0.2) is 0 Å². The third-order valence-electron chi connectivity index (χ3n) is 2.09. The first kappa shape index (κ1) is 7.61. The maximum atomic E-state index is 5.21. The van der Waals surface area contributed by atoms with Crippen molar-refractivity contribution in [3.8, 4) is 0 Å². The Bertz CT molecular complexity index is 131. The van der Waals surface area contributed by atoms with Gasteiger partial charge in [-0.2, -0.15) is 0 Å². The van der Waals surface area contributed by atoms with Gasteiger partial charge in [0, 0.05) is 13.0 Å². The van der Waals surface area contributed by atoms with Crippen LogP contribution in [-0.2, 0) is 9.47 Å². The summed E-state index contributed by atoms with van der Waals surface area (Å²) in [4.78, 5) is 0. The fraction of sp³-hybridized carbons (Fsp3) is 0.750. The first-order valence-electron chi connectivity index (χ1n) is 3.60. The van der Waals surface area contributed by atoms with Crippen LogP contribution in [0.3, 0.4) is 0 Å². The second-order valence-electron chi connectivity index (χ2n) is 2.79. The highest BCUT2D eigenvalue weighted by atomic mass is 16.7. The summed E-state index contributed by atoms with van der Waals surface area (Å²) in [6.07, 6.45) is 3.72. The van der Waals surface area contributed by atoms with Gasteiger partial charge >= 0.3 is 0 Å². The second-order valence-corrected chi connectivity index (χ2v) is 2.79. The number of hydrogen-bond donors (Lipinski definition) is 0. The number of rotatable bonds is 1. The van der Waals surface area contributed by atoms with E-state index >= 15 is 0 Å². The molecule has 10 heavy (non-hydrogen) atoms. The van der Waals surface area contributed by atoms with E-state index < -0.39 is 0 Å². The molecule has 1 heterocycles. The van der Waals surface area contributed by atoms with Crippen LogP contribution in [0.5, 0.6) is 0 Å². The molecular formula is C8H14O2. The van der Waals surface area contributed by atoms with Gasteiger partial charge in [-0.3, -0.25) is 0 Å². The van der Waals surface area contributed by atoms with Gasteiger partial charge in [-0.05, 0) is 12.0 Å². The van der Waals surface area contributed by atoms with E-state index in [9.17, 15) is 0 Å². The van der Waals surface area contributed by atoms with Gasteiger partial charge in [0.2, 0.25) is 6.29 Å². The van der Waals surface area contributed by atoms with E-state index in [2.05, 4.69) is 19.9 Å². The molecule has 2 nitrogen and oxygen atoms in total. The zero-order valence-electron chi connectivity index (χ0n) is 6.70. The molecule has 1 rings (SSSR count). The summed E-state index contributed by atoms with van der Waals surface area (Å²) in [5.74, 6) is 1.01. The van der Waals surface area contributed by atoms with Crippen molar-refractivity contribution in [3.05, 3.63) is 12.3 Å². The molecule has 0 spiro atoms. The molecule has 0 radical (unpaired) electrons. The van der Waals surface area contributed by atoms with E-state index in [1.807, 2.05) is 0 Å². The Hall–Kier alpha value is -0.500. The number of allylic oxidation sites excluding steroid dienone is 1. The molecule has 0 aliphatic carbocycles. The summed E-state index contributed by atoms with van der Waals surface area (Å²) in [5, 5.41) is 0. The molecule has 3 unspecified atom stereocenters. The van der Waals surface area contributed by atoms with Crippen molar-refractivity contribution in [1.29, 1.82) is 0 Å². The SMILES string of the molecule is COC1OC=CC(C)C1C. The average Bonchev–Trinajstić information content (AvgIpc) is 1.95. The first-order valence-corrected chi connectivity index (χ1v) is 3.60. The summed E-state index contributed by atoms with van der Waals surface area (Å²) >= 11 is 0. The van der Waals surface area contributed by atoms with E-state index in [1.165, 1.54) is 0 Å². The van der Waals surface area contributed by atoms with Crippen molar-refractivity contribution in [2.45, 2.75) is 20.1 Å². The number of methoxy groups -OCH3 is 1. The molecule has 58 valence electrons. The van der Waals surface area contributed by atoms with Crippen LogP contribution in [0.1, 0.15) is 13.8 Å².